The highest BCUT2D eigenvalue weighted by atomic mass is 16.5. The fraction of sp³-hybridized carbons (Fsp3) is 0.619. The zero-order chi connectivity index (χ0) is 18.6. The highest BCUT2D eigenvalue weighted by molar-refractivity contribution is 5.97. The molecule has 4 rings (SSSR count). The van der Waals surface area contributed by atoms with Gasteiger partial charge in [0, 0.05) is 44.8 Å². The van der Waals surface area contributed by atoms with Gasteiger partial charge in [0.15, 0.2) is 5.78 Å². The number of aryl methyl sites for hydroxylation is 2. The maximum Gasteiger partial charge on any atom is 0.320 e. The van der Waals surface area contributed by atoms with Gasteiger partial charge in [0.25, 0.3) is 0 Å². The Hall–Kier alpha value is -1.92. The summed E-state index contributed by atoms with van der Waals surface area (Å²) >= 11 is 0. The number of fused-ring (bicyclic) bond motifs is 1. The topological polar surface area (TPSA) is 53.1 Å². The van der Waals surface area contributed by atoms with Gasteiger partial charge in [-0.15, -0.1) is 0 Å². The second-order valence-corrected chi connectivity index (χ2v) is 7.76. The van der Waals surface area contributed by atoms with Crippen LogP contribution >= 0.6 is 0 Å². The number of nitrogens with zero attached hydrogens (tertiary/aromatic N) is 3. The first-order chi connectivity index (χ1) is 13.2. The van der Waals surface area contributed by atoms with Crippen molar-refractivity contribution in [2.45, 2.75) is 25.7 Å². The fourth-order valence-electron chi connectivity index (χ4n) is 4.25. The molecule has 0 bridgehead atoms. The van der Waals surface area contributed by atoms with Crippen LogP contribution in [0.1, 0.15) is 34.3 Å². The average Bonchev–Trinajstić information content (AvgIpc) is 2.74. The van der Waals surface area contributed by atoms with Crippen LogP contribution in [0.4, 0.5) is 4.79 Å². The number of rotatable bonds is 3. The Morgan fingerprint density at radius 1 is 0.852 bits per heavy atom. The molecule has 0 unspecified atom stereocenters. The summed E-state index contributed by atoms with van der Waals surface area (Å²) in [6, 6.07) is 6.35. The Labute approximate surface area is 161 Å². The molecule has 2 saturated heterocycles. The third-order valence-electron chi connectivity index (χ3n) is 5.96. The summed E-state index contributed by atoms with van der Waals surface area (Å²) in [5.41, 5.74) is 3.60. The SMILES string of the molecule is O=C(CN1CCN(C(=O)N2CCOCC2)CC1)c1ccc2c(c1)CCCC2. The van der Waals surface area contributed by atoms with Crippen LogP contribution in [0, 0.1) is 0 Å². The maximum atomic E-state index is 12.7. The highest BCUT2D eigenvalue weighted by Gasteiger charge is 2.27. The molecule has 2 amide bonds. The van der Waals surface area contributed by atoms with Gasteiger partial charge in [-0.1, -0.05) is 12.1 Å². The van der Waals surface area contributed by atoms with Gasteiger partial charge in [0.2, 0.25) is 0 Å². The van der Waals surface area contributed by atoms with Gasteiger partial charge >= 0.3 is 6.03 Å². The smallest absolute Gasteiger partial charge is 0.320 e. The van der Waals surface area contributed by atoms with E-state index in [0.717, 1.165) is 31.5 Å². The Kier molecular flexibility index (Phi) is 5.74. The van der Waals surface area contributed by atoms with Crippen molar-refractivity contribution in [2.75, 3.05) is 59.0 Å². The van der Waals surface area contributed by atoms with Gasteiger partial charge in [-0.3, -0.25) is 9.69 Å². The van der Waals surface area contributed by atoms with Crippen LogP contribution in [0.15, 0.2) is 18.2 Å². The Morgan fingerprint density at radius 2 is 1.52 bits per heavy atom. The van der Waals surface area contributed by atoms with Gasteiger partial charge in [-0.2, -0.15) is 0 Å². The molecular formula is C21H29N3O3. The van der Waals surface area contributed by atoms with E-state index in [1.165, 1.54) is 24.0 Å². The van der Waals surface area contributed by atoms with E-state index in [1.54, 1.807) is 0 Å². The monoisotopic (exact) mass is 371 g/mol. The number of ketones is 1. The summed E-state index contributed by atoms with van der Waals surface area (Å²) in [7, 11) is 0. The van der Waals surface area contributed by atoms with Crippen LogP contribution in [-0.2, 0) is 17.6 Å². The van der Waals surface area contributed by atoms with E-state index in [1.807, 2.05) is 15.9 Å². The third-order valence-corrected chi connectivity index (χ3v) is 5.96. The number of carbonyl (C=O) groups is 2. The summed E-state index contributed by atoms with van der Waals surface area (Å²) in [5, 5.41) is 0. The van der Waals surface area contributed by atoms with E-state index < -0.39 is 0 Å². The van der Waals surface area contributed by atoms with Crippen LogP contribution in [0.2, 0.25) is 0 Å². The summed E-state index contributed by atoms with van der Waals surface area (Å²) in [6.45, 7) is 5.94. The van der Waals surface area contributed by atoms with E-state index in [-0.39, 0.29) is 11.8 Å². The molecular weight excluding hydrogens is 342 g/mol. The minimum Gasteiger partial charge on any atom is -0.378 e. The van der Waals surface area contributed by atoms with Gasteiger partial charge in [0.05, 0.1) is 19.8 Å². The number of hydrogen-bond acceptors (Lipinski definition) is 4. The molecule has 2 heterocycles. The molecule has 1 aromatic rings. The predicted octanol–water partition coefficient (Wildman–Crippen LogP) is 1.82. The molecule has 0 atom stereocenters. The molecule has 27 heavy (non-hydrogen) atoms. The molecule has 2 fully saturated rings. The number of amides is 2. The minimum absolute atomic E-state index is 0.110. The van der Waals surface area contributed by atoms with E-state index in [2.05, 4.69) is 17.0 Å². The van der Waals surface area contributed by atoms with Crippen LogP contribution in [0.25, 0.3) is 0 Å². The summed E-state index contributed by atoms with van der Waals surface area (Å²) in [5.74, 6) is 0.191. The fourth-order valence-corrected chi connectivity index (χ4v) is 4.25. The van der Waals surface area contributed by atoms with Crippen molar-refractivity contribution in [2.24, 2.45) is 0 Å². The number of Topliss-reactive ketones (excluding diaryl/α,β-unsaturated/α-hetero) is 1. The minimum atomic E-state index is 0.110. The highest BCUT2D eigenvalue weighted by Crippen LogP contribution is 2.22. The van der Waals surface area contributed by atoms with E-state index in [4.69, 9.17) is 4.74 Å². The lowest BCUT2D eigenvalue weighted by Crippen LogP contribution is -2.55. The molecule has 1 aliphatic carbocycles. The lowest BCUT2D eigenvalue weighted by atomic mass is 9.90. The quantitative estimate of drug-likeness (QED) is 0.761. The molecule has 0 spiro atoms. The molecule has 3 aliphatic rings. The zero-order valence-electron chi connectivity index (χ0n) is 16.0. The molecule has 0 saturated carbocycles. The maximum absolute atomic E-state index is 12.7. The number of benzene rings is 1. The van der Waals surface area contributed by atoms with Crippen LogP contribution in [0.5, 0.6) is 0 Å². The van der Waals surface area contributed by atoms with Crippen molar-refractivity contribution in [3.8, 4) is 0 Å². The molecule has 0 N–H and O–H groups in total. The average molecular weight is 371 g/mol. The zero-order valence-corrected chi connectivity index (χ0v) is 16.0. The van der Waals surface area contributed by atoms with Gasteiger partial charge in [0.1, 0.15) is 0 Å². The van der Waals surface area contributed by atoms with Gasteiger partial charge in [-0.05, 0) is 42.9 Å². The van der Waals surface area contributed by atoms with Crippen molar-refractivity contribution >= 4 is 11.8 Å². The first-order valence-corrected chi connectivity index (χ1v) is 10.2. The van der Waals surface area contributed by atoms with Gasteiger partial charge < -0.3 is 14.5 Å². The first kappa shape index (κ1) is 18.4. The Balaban J connectivity index is 1.28. The van der Waals surface area contributed by atoms with Crippen LogP contribution in [-0.4, -0.2) is 85.5 Å². The number of morpholine rings is 1. The predicted molar refractivity (Wildman–Crippen MR) is 103 cm³/mol. The van der Waals surface area contributed by atoms with E-state index >= 15 is 0 Å². The number of carbonyl (C=O) groups excluding carboxylic acids is 2. The number of urea groups is 1. The normalized spacial score (nSPS) is 21.0. The lowest BCUT2D eigenvalue weighted by molar-refractivity contribution is 0.0376. The van der Waals surface area contributed by atoms with E-state index in [9.17, 15) is 9.59 Å². The Morgan fingerprint density at radius 3 is 2.26 bits per heavy atom. The molecule has 1 aromatic carbocycles. The molecule has 0 radical (unpaired) electrons. The summed E-state index contributed by atoms with van der Waals surface area (Å²) in [4.78, 5) is 31.2. The van der Waals surface area contributed by atoms with Crippen LogP contribution < -0.4 is 0 Å². The number of hydrogen-bond donors (Lipinski definition) is 0. The molecule has 0 aromatic heterocycles. The molecule has 2 aliphatic heterocycles. The van der Waals surface area contributed by atoms with Crippen molar-refractivity contribution in [3.63, 3.8) is 0 Å². The summed E-state index contributed by atoms with van der Waals surface area (Å²) < 4.78 is 5.32. The van der Waals surface area contributed by atoms with E-state index in [0.29, 0.717) is 45.9 Å². The number of piperazine rings is 1. The van der Waals surface area contributed by atoms with Crippen molar-refractivity contribution in [3.05, 3.63) is 34.9 Å². The van der Waals surface area contributed by atoms with Crippen molar-refractivity contribution in [1.82, 2.24) is 14.7 Å². The first-order valence-electron chi connectivity index (χ1n) is 10.2. The van der Waals surface area contributed by atoms with Crippen LogP contribution in [0.3, 0.4) is 0 Å². The molecule has 146 valence electrons. The lowest BCUT2D eigenvalue weighted by Gasteiger charge is -2.38. The standard InChI is InChI=1S/C21H29N3O3/c25-20(19-6-5-17-3-1-2-4-18(17)15-19)16-22-7-9-23(10-8-22)21(26)24-11-13-27-14-12-24/h5-6,15H,1-4,7-14,16H2. The molecule has 6 heteroatoms. The largest absolute Gasteiger partial charge is 0.378 e. The van der Waals surface area contributed by atoms with Crippen molar-refractivity contribution in [1.29, 1.82) is 0 Å². The Bertz CT molecular complexity index is 692. The van der Waals surface area contributed by atoms with Crippen molar-refractivity contribution < 1.29 is 14.3 Å². The third kappa shape index (κ3) is 4.33. The number of ether oxygens (including phenoxy) is 1. The second-order valence-electron chi connectivity index (χ2n) is 7.76. The molecule has 6 nitrogen and oxygen atoms in total. The summed E-state index contributed by atoms with van der Waals surface area (Å²) in [6.07, 6.45) is 4.72. The second kappa shape index (κ2) is 8.40. The van der Waals surface area contributed by atoms with Gasteiger partial charge in [-0.25, -0.2) is 4.79 Å².